The molecule has 2 aliphatic rings. The molecule has 2 aliphatic heterocycles. The molecule has 0 spiro atoms. The number of carbonyl (C=O) groups is 1. The first-order chi connectivity index (χ1) is 12.4. The van der Waals surface area contributed by atoms with Crippen molar-refractivity contribution in [2.45, 2.75) is 37.8 Å². The fourth-order valence-electron chi connectivity index (χ4n) is 3.42. The van der Waals surface area contributed by atoms with Gasteiger partial charge in [-0.15, -0.1) is 0 Å². The van der Waals surface area contributed by atoms with Crippen LogP contribution in [0.5, 0.6) is 0 Å². The van der Waals surface area contributed by atoms with E-state index in [2.05, 4.69) is 10.1 Å². The molecule has 0 saturated carbocycles. The molecular weight excluding hydrogens is 368 g/mol. The summed E-state index contributed by atoms with van der Waals surface area (Å²) in [5.41, 5.74) is 0.0454. The maximum Gasteiger partial charge on any atom is 0.347 e. The molecule has 1 fully saturated rings. The highest BCUT2D eigenvalue weighted by molar-refractivity contribution is 6.31. The van der Waals surface area contributed by atoms with Gasteiger partial charge in [0.25, 0.3) is 5.92 Å². The van der Waals surface area contributed by atoms with E-state index in [9.17, 15) is 18.4 Å². The standard InChI is InChI=1S/C16H16ClF2N5O2/c17-10-3-2-6-20-11(10)7-23-15(26)24-12(4-1-5-13(24)21-23)14(25)22-8-16(18,19)9-22/h2-3,6,12H,1,4-5,7-9H2. The van der Waals surface area contributed by atoms with Crippen LogP contribution in [0.15, 0.2) is 23.1 Å². The van der Waals surface area contributed by atoms with E-state index in [-0.39, 0.29) is 6.54 Å². The molecule has 2 aromatic heterocycles. The van der Waals surface area contributed by atoms with Gasteiger partial charge in [0.1, 0.15) is 11.9 Å². The molecule has 10 heteroatoms. The molecule has 4 rings (SSSR count). The molecule has 2 aromatic rings. The Morgan fingerprint density at radius 2 is 2.15 bits per heavy atom. The summed E-state index contributed by atoms with van der Waals surface area (Å²) in [7, 11) is 0. The maximum atomic E-state index is 13.1. The van der Waals surface area contributed by atoms with Crippen molar-refractivity contribution in [1.29, 1.82) is 0 Å². The third kappa shape index (κ3) is 2.90. The Hall–Kier alpha value is -2.29. The van der Waals surface area contributed by atoms with Gasteiger partial charge in [-0.25, -0.2) is 18.3 Å². The zero-order valence-corrected chi connectivity index (χ0v) is 14.5. The number of pyridine rings is 1. The van der Waals surface area contributed by atoms with Gasteiger partial charge in [0, 0.05) is 12.6 Å². The summed E-state index contributed by atoms with van der Waals surface area (Å²) >= 11 is 6.08. The molecule has 7 nitrogen and oxygen atoms in total. The summed E-state index contributed by atoms with van der Waals surface area (Å²) in [6.07, 6.45) is 3.22. The summed E-state index contributed by atoms with van der Waals surface area (Å²) in [6, 6.07) is 2.57. The van der Waals surface area contributed by atoms with Crippen LogP contribution in [0.1, 0.15) is 30.4 Å². The van der Waals surface area contributed by atoms with Crippen LogP contribution in [0.3, 0.4) is 0 Å². The molecule has 138 valence electrons. The first-order valence-corrected chi connectivity index (χ1v) is 8.68. The fourth-order valence-corrected chi connectivity index (χ4v) is 3.60. The van der Waals surface area contributed by atoms with E-state index in [0.29, 0.717) is 35.8 Å². The fraction of sp³-hybridized carbons (Fsp3) is 0.500. The summed E-state index contributed by atoms with van der Waals surface area (Å²) < 4.78 is 28.7. The van der Waals surface area contributed by atoms with E-state index in [1.54, 1.807) is 18.3 Å². The Morgan fingerprint density at radius 1 is 1.38 bits per heavy atom. The minimum absolute atomic E-state index is 0.0845. The monoisotopic (exact) mass is 383 g/mol. The molecular formula is C16H16ClF2N5O2. The van der Waals surface area contributed by atoms with Crippen molar-refractivity contribution in [1.82, 2.24) is 24.2 Å². The van der Waals surface area contributed by atoms with Gasteiger partial charge in [0.15, 0.2) is 0 Å². The second-order valence-corrected chi connectivity index (χ2v) is 7.02. The number of nitrogens with zero attached hydrogens (tertiary/aromatic N) is 5. The molecule has 1 atom stereocenters. The SMILES string of the molecule is O=C(C1CCCc2nn(Cc3ncccc3Cl)c(=O)n21)N1CC(F)(F)C1. The van der Waals surface area contributed by atoms with Crippen molar-refractivity contribution >= 4 is 17.5 Å². The number of fused-ring (bicyclic) bond motifs is 1. The number of aryl methyl sites for hydroxylation is 1. The molecule has 26 heavy (non-hydrogen) atoms. The Kier molecular flexibility index (Phi) is 4.06. The largest absolute Gasteiger partial charge is 0.347 e. The number of hydrogen-bond donors (Lipinski definition) is 0. The number of amides is 1. The third-order valence-electron chi connectivity index (χ3n) is 4.71. The van der Waals surface area contributed by atoms with Gasteiger partial charge >= 0.3 is 5.69 Å². The minimum atomic E-state index is -2.84. The summed E-state index contributed by atoms with van der Waals surface area (Å²) in [5.74, 6) is -2.80. The predicted molar refractivity (Wildman–Crippen MR) is 88.3 cm³/mol. The first-order valence-electron chi connectivity index (χ1n) is 8.30. The average Bonchev–Trinajstić information content (AvgIpc) is 2.90. The number of likely N-dealkylation sites (tertiary alicyclic amines) is 1. The highest BCUT2D eigenvalue weighted by Crippen LogP contribution is 2.31. The lowest BCUT2D eigenvalue weighted by Crippen LogP contribution is -2.60. The van der Waals surface area contributed by atoms with Crippen molar-refractivity contribution in [3.8, 4) is 0 Å². The Balaban J connectivity index is 1.62. The summed E-state index contributed by atoms with van der Waals surface area (Å²) in [5, 5.41) is 4.72. The highest BCUT2D eigenvalue weighted by atomic mass is 35.5. The summed E-state index contributed by atoms with van der Waals surface area (Å²) in [6.45, 7) is -1.10. The molecule has 0 aromatic carbocycles. The smallest absolute Gasteiger partial charge is 0.329 e. The van der Waals surface area contributed by atoms with Gasteiger partial charge in [-0.2, -0.15) is 5.10 Å². The Labute approximate surface area is 152 Å². The lowest BCUT2D eigenvalue weighted by atomic mass is 10.0. The third-order valence-corrected chi connectivity index (χ3v) is 5.05. The van der Waals surface area contributed by atoms with E-state index >= 15 is 0 Å². The topological polar surface area (TPSA) is 73.0 Å². The highest BCUT2D eigenvalue weighted by Gasteiger charge is 2.48. The lowest BCUT2D eigenvalue weighted by Gasteiger charge is -2.41. The van der Waals surface area contributed by atoms with Crippen LogP contribution in [0.25, 0.3) is 0 Å². The van der Waals surface area contributed by atoms with Crippen LogP contribution in [-0.4, -0.2) is 49.2 Å². The van der Waals surface area contributed by atoms with Crippen LogP contribution in [0.4, 0.5) is 8.78 Å². The second kappa shape index (κ2) is 6.15. The quantitative estimate of drug-likeness (QED) is 0.805. The van der Waals surface area contributed by atoms with Crippen molar-refractivity contribution in [2.75, 3.05) is 13.1 Å². The first kappa shape index (κ1) is 17.1. The Morgan fingerprint density at radius 3 is 2.85 bits per heavy atom. The number of alkyl halides is 2. The zero-order valence-electron chi connectivity index (χ0n) is 13.7. The van der Waals surface area contributed by atoms with Gasteiger partial charge < -0.3 is 4.90 Å². The van der Waals surface area contributed by atoms with Crippen molar-refractivity contribution in [3.63, 3.8) is 0 Å². The van der Waals surface area contributed by atoms with Gasteiger partial charge in [-0.05, 0) is 25.0 Å². The number of halogens is 3. The molecule has 1 amide bonds. The minimum Gasteiger partial charge on any atom is -0.329 e. The van der Waals surface area contributed by atoms with E-state index in [1.165, 1.54) is 9.25 Å². The van der Waals surface area contributed by atoms with E-state index < -0.39 is 36.7 Å². The number of hydrogen-bond acceptors (Lipinski definition) is 4. The zero-order chi connectivity index (χ0) is 18.5. The van der Waals surface area contributed by atoms with E-state index in [1.807, 2.05) is 0 Å². The van der Waals surface area contributed by atoms with E-state index in [0.717, 1.165) is 4.90 Å². The van der Waals surface area contributed by atoms with Crippen LogP contribution < -0.4 is 5.69 Å². The van der Waals surface area contributed by atoms with Crippen LogP contribution in [0.2, 0.25) is 5.02 Å². The molecule has 4 heterocycles. The van der Waals surface area contributed by atoms with Gasteiger partial charge in [-0.1, -0.05) is 11.6 Å². The molecule has 1 saturated heterocycles. The normalized spacial score (nSPS) is 21.2. The molecule has 0 radical (unpaired) electrons. The van der Waals surface area contributed by atoms with Crippen molar-refractivity contribution < 1.29 is 13.6 Å². The van der Waals surface area contributed by atoms with Crippen LogP contribution >= 0.6 is 11.6 Å². The number of rotatable bonds is 3. The van der Waals surface area contributed by atoms with Gasteiger partial charge in [0.05, 0.1) is 30.4 Å². The summed E-state index contributed by atoms with van der Waals surface area (Å²) in [4.78, 5) is 30.6. The predicted octanol–water partition coefficient (Wildman–Crippen LogP) is 1.50. The molecule has 0 bridgehead atoms. The average molecular weight is 384 g/mol. The van der Waals surface area contributed by atoms with Gasteiger partial charge in [-0.3, -0.25) is 14.3 Å². The second-order valence-electron chi connectivity index (χ2n) is 6.62. The van der Waals surface area contributed by atoms with Gasteiger partial charge in [0.2, 0.25) is 5.91 Å². The van der Waals surface area contributed by atoms with Crippen molar-refractivity contribution in [3.05, 3.63) is 45.4 Å². The van der Waals surface area contributed by atoms with Crippen LogP contribution in [0, 0.1) is 0 Å². The number of carbonyl (C=O) groups excluding carboxylic acids is 1. The lowest BCUT2D eigenvalue weighted by molar-refractivity contribution is -0.169. The maximum absolute atomic E-state index is 13.1. The van der Waals surface area contributed by atoms with Crippen LogP contribution in [-0.2, 0) is 17.8 Å². The number of aromatic nitrogens is 4. The molecule has 1 unspecified atom stereocenters. The molecule has 0 N–H and O–H groups in total. The van der Waals surface area contributed by atoms with Crippen molar-refractivity contribution in [2.24, 2.45) is 0 Å². The molecule has 0 aliphatic carbocycles. The Bertz CT molecular complexity index is 918. The van der Waals surface area contributed by atoms with E-state index in [4.69, 9.17) is 11.6 Å².